The van der Waals surface area contributed by atoms with E-state index in [1.807, 2.05) is 25.1 Å². The number of hydrogen-bond donors (Lipinski definition) is 1. The van der Waals surface area contributed by atoms with Gasteiger partial charge in [-0.3, -0.25) is 9.59 Å². The number of aryl methyl sites for hydroxylation is 1. The van der Waals surface area contributed by atoms with Gasteiger partial charge in [-0.05, 0) is 56.4 Å². The van der Waals surface area contributed by atoms with Crippen molar-refractivity contribution in [2.24, 2.45) is 5.92 Å². The number of amides is 1. The number of nitrogens with one attached hydrogen (secondary N) is 1. The van der Waals surface area contributed by atoms with Crippen LogP contribution in [-0.4, -0.2) is 29.8 Å². The van der Waals surface area contributed by atoms with Gasteiger partial charge in [0.1, 0.15) is 5.54 Å². The molecule has 1 N–H and O–H groups in total. The lowest BCUT2D eigenvalue weighted by Crippen LogP contribution is -2.48. The van der Waals surface area contributed by atoms with Crippen LogP contribution in [0.2, 0.25) is 0 Å². The van der Waals surface area contributed by atoms with Crippen LogP contribution in [0, 0.1) is 24.2 Å². The molecule has 1 aliphatic carbocycles. The summed E-state index contributed by atoms with van der Waals surface area (Å²) in [5.74, 6) is -0.571. The Kier molecular flexibility index (Phi) is 6.30. The molecule has 0 aliphatic heterocycles. The maximum absolute atomic E-state index is 11.9. The maximum atomic E-state index is 11.9. The van der Waals surface area contributed by atoms with Gasteiger partial charge in [-0.15, -0.1) is 11.8 Å². The summed E-state index contributed by atoms with van der Waals surface area (Å²) in [5.41, 5.74) is 0.196. The van der Waals surface area contributed by atoms with Gasteiger partial charge in [0, 0.05) is 9.37 Å². The monoisotopic (exact) mass is 410 g/mol. The van der Waals surface area contributed by atoms with Gasteiger partial charge in [-0.25, -0.2) is 0 Å². The van der Waals surface area contributed by atoms with Gasteiger partial charge >= 0.3 is 5.97 Å². The summed E-state index contributed by atoms with van der Waals surface area (Å²) < 4.78 is 5.98. The fourth-order valence-electron chi connectivity index (χ4n) is 2.31. The van der Waals surface area contributed by atoms with E-state index in [0.717, 1.165) is 27.8 Å². The molecule has 1 fully saturated rings. The van der Waals surface area contributed by atoms with E-state index in [1.165, 1.54) is 11.8 Å². The van der Waals surface area contributed by atoms with Crippen LogP contribution in [0.5, 0.6) is 0 Å². The van der Waals surface area contributed by atoms with Crippen molar-refractivity contribution in [1.82, 2.24) is 5.32 Å². The molecule has 1 aromatic rings. The fourth-order valence-corrected chi connectivity index (χ4v) is 3.59. The molecule has 7 heteroatoms. The van der Waals surface area contributed by atoms with Gasteiger partial charge in [0.05, 0.1) is 11.8 Å². The lowest BCUT2D eigenvalue weighted by atomic mass is 9.98. The van der Waals surface area contributed by atoms with E-state index in [2.05, 4.69) is 27.3 Å². The summed E-state index contributed by atoms with van der Waals surface area (Å²) in [4.78, 5) is 24.6. The molecular weight excluding hydrogens is 392 g/mol. The summed E-state index contributed by atoms with van der Waals surface area (Å²) >= 11 is 4.76. The van der Waals surface area contributed by atoms with Crippen LogP contribution in [0.4, 0.5) is 0 Å². The van der Waals surface area contributed by atoms with Crippen LogP contribution in [0.1, 0.15) is 25.3 Å². The minimum absolute atomic E-state index is 0.133. The molecule has 0 heterocycles. The van der Waals surface area contributed by atoms with Crippen LogP contribution < -0.4 is 5.32 Å². The van der Waals surface area contributed by atoms with Gasteiger partial charge in [0.15, 0.2) is 6.61 Å². The average Bonchev–Trinajstić information content (AvgIpc) is 3.37. The number of nitrogens with zero attached hydrogens (tertiary/aromatic N) is 1. The number of hydrogen-bond acceptors (Lipinski definition) is 5. The van der Waals surface area contributed by atoms with E-state index in [-0.39, 0.29) is 18.3 Å². The number of halogens is 1. The van der Waals surface area contributed by atoms with Gasteiger partial charge in [-0.2, -0.15) is 5.26 Å². The first kappa shape index (κ1) is 18.8. The van der Waals surface area contributed by atoms with Gasteiger partial charge in [0.2, 0.25) is 0 Å². The Morgan fingerprint density at radius 3 is 2.79 bits per heavy atom. The number of thioether (sulfide) groups is 1. The molecule has 1 amide bonds. The second kappa shape index (κ2) is 8.04. The third-order valence-corrected chi connectivity index (χ3v) is 5.51. The molecule has 0 spiro atoms. The predicted octanol–water partition coefficient (Wildman–Crippen LogP) is 3.20. The molecule has 1 aliphatic rings. The van der Waals surface area contributed by atoms with E-state index >= 15 is 0 Å². The van der Waals surface area contributed by atoms with E-state index in [0.29, 0.717) is 0 Å². The average molecular weight is 411 g/mol. The number of ether oxygens (including phenoxy) is 1. The molecule has 1 aromatic carbocycles. The first-order valence-electron chi connectivity index (χ1n) is 7.61. The molecule has 1 atom stereocenters. The highest BCUT2D eigenvalue weighted by Crippen LogP contribution is 2.39. The Bertz CT molecular complexity index is 685. The molecule has 1 saturated carbocycles. The second-order valence-corrected chi connectivity index (χ2v) is 7.93. The van der Waals surface area contributed by atoms with E-state index in [9.17, 15) is 14.9 Å². The van der Waals surface area contributed by atoms with Gasteiger partial charge in [-0.1, -0.05) is 15.9 Å². The van der Waals surface area contributed by atoms with Crippen LogP contribution in [0.15, 0.2) is 27.6 Å². The largest absolute Gasteiger partial charge is 0.455 e. The number of esters is 1. The molecule has 128 valence electrons. The Labute approximate surface area is 154 Å². The second-order valence-electron chi connectivity index (χ2n) is 6.00. The number of nitriles is 1. The highest BCUT2D eigenvalue weighted by Gasteiger charge is 2.43. The van der Waals surface area contributed by atoms with E-state index in [4.69, 9.17) is 4.74 Å². The van der Waals surface area contributed by atoms with E-state index < -0.39 is 17.4 Å². The van der Waals surface area contributed by atoms with Crippen molar-refractivity contribution in [3.05, 3.63) is 28.2 Å². The first-order chi connectivity index (χ1) is 11.3. The Balaban J connectivity index is 1.74. The van der Waals surface area contributed by atoms with Crippen LogP contribution in [0.3, 0.4) is 0 Å². The molecule has 2 rings (SSSR count). The fraction of sp³-hybridized carbons (Fsp3) is 0.471. The summed E-state index contributed by atoms with van der Waals surface area (Å²) in [6.45, 7) is 3.31. The smallest absolute Gasteiger partial charge is 0.316 e. The summed E-state index contributed by atoms with van der Waals surface area (Å²) in [6, 6.07) is 7.95. The van der Waals surface area contributed by atoms with Crippen molar-refractivity contribution in [2.45, 2.75) is 37.1 Å². The minimum Gasteiger partial charge on any atom is -0.455 e. The van der Waals surface area contributed by atoms with Crippen molar-refractivity contribution in [2.75, 3.05) is 12.4 Å². The lowest BCUT2D eigenvalue weighted by Gasteiger charge is -2.22. The van der Waals surface area contributed by atoms with E-state index in [1.54, 1.807) is 6.92 Å². The molecule has 0 bridgehead atoms. The number of rotatable bonds is 7. The van der Waals surface area contributed by atoms with Crippen LogP contribution in [-0.2, 0) is 14.3 Å². The molecule has 0 saturated heterocycles. The van der Waals surface area contributed by atoms with Crippen molar-refractivity contribution in [3.8, 4) is 6.07 Å². The van der Waals surface area contributed by atoms with Gasteiger partial charge < -0.3 is 10.1 Å². The highest BCUT2D eigenvalue weighted by molar-refractivity contribution is 9.10. The Hall–Kier alpha value is -1.52. The zero-order valence-corrected chi connectivity index (χ0v) is 16.0. The minimum atomic E-state index is -0.868. The summed E-state index contributed by atoms with van der Waals surface area (Å²) in [5, 5.41) is 11.9. The lowest BCUT2D eigenvalue weighted by molar-refractivity contribution is -0.146. The normalized spacial score (nSPS) is 15.9. The van der Waals surface area contributed by atoms with Crippen LogP contribution >= 0.6 is 27.7 Å². The van der Waals surface area contributed by atoms with Crippen molar-refractivity contribution in [3.63, 3.8) is 0 Å². The molecule has 24 heavy (non-hydrogen) atoms. The summed E-state index contributed by atoms with van der Waals surface area (Å²) in [7, 11) is 0. The zero-order chi connectivity index (χ0) is 17.7. The maximum Gasteiger partial charge on any atom is 0.316 e. The third-order valence-electron chi connectivity index (χ3n) is 3.87. The Morgan fingerprint density at radius 1 is 1.50 bits per heavy atom. The molecule has 5 nitrogen and oxygen atoms in total. The van der Waals surface area contributed by atoms with Gasteiger partial charge in [0.25, 0.3) is 5.91 Å². The summed E-state index contributed by atoms with van der Waals surface area (Å²) in [6.07, 6.45) is 1.88. The SMILES string of the molecule is Cc1cc(Br)ccc1SCC(=O)OCC(=O)N[C@](C)(C#N)C1CC1. The third kappa shape index (κ3) is 5.25. The molecule has 0 radical (unpaired) electrons. The van der Waals surface area contributed by atoms with Crippen molar-refractivity contribution >= 4 is 39.6 Å². The highest BCUT2D eigenvalue weighted by atomic mass is 79.9. The predicted molar refractivity (Wildman–Crippen MR) is 95.4 cm³/mol. The Morgan fingerprint density at radius 2 is 2.21 bits per heavy atom. The first-order valence-corrected chi connectivity index (χ1v) is 9.39. The molecule has 0 unspecified atom stereocenters. The quantitative estimate of drug-likeness (QED) is 0.551. The topological polar surface area (TPSA) is 79.2 Å². The van der Waals surface area contributed by atoms with Crippen molar-refractivity contribution in [1.29, 1.82) is 5.26 Å². The zero-order valence-electron chi connectivity index (χ0n) is 13.6. The number of carbonyl (C=O) groups is 2. The van der Waals surface area contributed by atoms with Crippen LogP contribution in [0.25, 0.3) is 0 Å². The number of benzene rings is 1. The standard InChI is InChI=1S/C17H19BrN2O3S/c1-11-7-13(18)5-6-14(11)24-9-16(22)23-8-15(21)20-17(2,10-19)12-3-4-12/h5-7,12H,3-4,8-9H2,1-2H3,(H,20,21)/t17-/m1/s1. The van der Waals surface area contributed by atoms with Crippen molar-refractivity contribution < 1.29 is 14.3 Å². The number of carbonyl (C=O) groups excluding carboxylic acids is 2. The molecule has 0 aromatic heterocycles. The molecular formula is C17H19BrN2O3S.